The van der Waals surface area contributed by atoms with E-state index in [2.05, 4.69) is 35.9 Å². The van der Waals surface area contributed by atoms with E-state index < -0.39 is 0 Å². The number of hydrogen-bond acceptors (Lipinski definition) is 3. The maximum absolute atomic E-state index is 12.5. The molecule has 0 radical (unpaired) electrons. The summed E-state index contributed by atoms with van der Waals surface area (Å²) in [5, 5.41) is 0. The largest absolute Gasteiger partial charge is 0.340 e. The van der Waals surface area contributed by atoms with Gasteiger partial charge in [0.15, 0.2) is 0 Å². The standard InChI is InChI=1S/C19H31N3O/c1-4-20(2)16-17-8-10-18(11-9-17)19(23)21(3)14-15-22-12-6-5-7-13-22/h8-11H,4-7,12-16H2,1-3H3. The molecule has 128 valence electrons. The lowest BCUT2D eigenvalue weighted by Gasteiger charge is -2.28. The van der Waals surface area contributed by atoms with Crippen LogP contribution in [0.2, 0.25) is 0 Å². The first-order chi connectivity index (χ1) is 11.1. The highest BCUT2D eigenvalue weighted by Gasteiger charge is 2.14. The summed E-state index contributed by atoms with van der Waals surface area (Å²) in [6, 6.07) is 8.05. The van der Waals surface area contributed by atoms with E-state index in [4.69, 9.17) is 0 Å². The minimum absolute atomic E-state index is 0.123. The van der Waals surface area contributed by atoms with Gasteiger partial charge in [0.2, 0.25) is 0 Å². The summed E-state index contributed by atoms with van der Waals surface area (Å²) >= 11 is 0. The Kier molecular flexibility index (Phi) is 7.06. The molecule has 23 heavy (non-hydrogen) atoms. The molecule has 0 saturated carbocycles. The van der Waals surface area contributed by atoms with Gasteiger partial charge in [0.1, 0.15) is 0 Å². The summed E-state index contributed by atoms with van der Waals surface area (Å²) in [5.41, 5.74) is 2.04. The number of piperidine rings is 1. The van der Waals surface area contributed by atoms with Crippen molar-refractivity contribution in [3.63, 3.8) is 0 Å². The number of carbonyl (C=O) groups is 1. The van der Waals surface area contributed by atoms with Gasteiger partial charge >= 0.3 is 0 Å². The highest BCUT2D eigenvalue weighted by atomic mass is 16.2. The number of carbonyl (C=O) groups excluding carboxylic acids is 1. The van der Waals surface area contributed by atoms with Gasteiger partial charge in [-0.05, 0) is 57.2 Å². The molecule has 1 aromatic carbocycles. The quantitative estimate of drug-likeness (QED) is 0.773. The third-order valence-corrected chi connectivity index (χ3v) is 4.74. The van der Waals surface area contributed by atoms with Gasteiger partial charge in [0.05, 0.1) is 0 Å². The SMILES string of the molecule is CCN(C)Cc1ccc(C(=O)N(C)CCN2CCCCC2)cc1. The van der Waals surface area contributed by atoms with Gasteiger partial charge in [-0.25, -0.2) is 0 Å². The normalized spacial score (nSPS) is 15.8. The molecule has 4 heteroatoms. The van der Waals surface area contributed by atoms with Crippen molar-refractivity contribution < 1.29 is 4.79 Å². The van der Waals surface area contributed by atoms with E-state index in [1.165, 1.54) is 37.9 Å². The maximum atomic E-state index is 12.5. The summed E-state index contributed by atoms with van der Waals surface area (Å²) in [7, 11) is 4.01. The minimum Gasteiger partial charge on any atom is -0.340 e. The second-order valence-corrected chi connectivity index (χ2v) is 6.66. The van der Waals surface area contributed by atoms with Crippen LogP contribution in [0.3, 0.4) is 0 Å². The lowest BCUT2D eigenvalue weighted by atomic mass is 10.1. The highest BCUT2D eigenvalue weighted by Crippen LogP contribution is 2.11. The zero-order chi connectivity index (χ0) is 16.7. The van der Waals surface area contributed by atoms with Crippen LogP contribution >= 0.6 is 0 Å². The van der Waals surface area contributed by atoms with Crippen molar-refractivity contribution in [1.82, 2.24) is 14.7 Å². The van der Waals surface area contributed by atoms with Crippen LogP contribution in [0.15, 0.2) is 24.3 Å². The highest BCUT2D eigenvalue weighted by molar-refractivity contribution is 5.94. The molecule has 1 aromatic rings. The smallest absolute Gasteiger partial charge is 0.253 e. The maximum Gasteiger partial charge on any atom is 0.253 e. The predicted octanol–water partition coefficient (Wildman–Crippen LogP) is 2.70. The summed E-state index contributed by atoms with van der Waals surface area (Å²) in [6.07, 6.45) is 3.95. The molecule has 1 amide bonds. The molecule has 0 aliphatic carbocycles. The fraction of sp³-hybridized carbons (Fsp3) is 0.632. The number of amides is 1. The van der Waals surface area contributed by atoms with Crippen molar-refractivity contribution in [2.24, 2.45) is 0 Å². The Labute approximate surface area is 141 Å². The molecule has 1 saturated heterocycles. The van der Waals surface area contributed by atoms with Crippen molar-refractivity contribution in [1.29, 1.82) is 0 Å². The average molecular weight is 317 g/mol. The van der Waals surface area contributed by atoms with Crippen LogP contribution in [0.25, 0.3) is 0 Å². The predicted molar refractivity (Wildman–Crippen MR) is 95.7 cm³/mol. The van der Waals surface area contributed by atoms with E-state index in [1.807, 2.05) is 24.1 Å². The van der Waals surface area contributed by atoms with Crippen molar-refractivity contribution >= 4 is 5.91 Å². The van der Waals surface area contributed by atoms with E-state index in [0.29, 0.717) is 0 Å². The van der Waals surface area contributed by atoms with Crippen LogP contribution in [-0.4, -0.2) is 67.4 Å². The Morgan fingerprint density at radius 1 is 1.09 bits per heavy atom. The molecular weight excluding hydrogens is 286 g/mol. The first-order valence-corrected chi connectivity index (χ1v) is 8.85. The number of likely N-dealkylation sites (tertiary alicyclic amines) is 1. The lowest BCUT2D eigenvalue weighted by Crippen LogP contribution is -2.38. The van der Waals surface area contributed by atoms with Gasteiger partial charge < -0.3 is 14.7 Å². The van der Waals surface area contributed by atoms with Gasteiger partial charge in [0, 0.05) is 32.2 Å². The van der Waals surface area contributed by atoms with Crippen LogP contribution in [0.1, 0.15) is 42.1 Å². The molecule has 0 spiro atoms. The molecule has 4 nitrogen and oxygen atoms in total. The Morgan fingerprint density at radius 2 is 1.74 bits per heavy atom. The van der Waals surface area contributed by atoms with Crippen LogP contribution in [0.4, 0.5) is 0 Å². The second kappa shape index (κ2) is 9.04. The fourth-order valence-electron chi connectivity index (χ4n) is 2.97. The third-order valence-electron chi connectivity index (χ3n) is 4.74. The summed E-state index contributed by atoms with van der Waals surface area (Å²) in [4.78, 5) is 19.1. The molecule has 1 fully saturated rings. The van der Waals surface area contributed by atoms with Gasteiger partial charge in [-0.3, -0.25) is 4.79 Å². The molecular formula is C19H31N3O. The van der Waals surface area contributed by atoms with Gasteiger partial charge in [0.25, 0.3) is 5.91 Å². The van der Waals surface area contributed by atoms with Crippen LogP contribution < -0.4 is 0 Å². The Balaban J connectivity index is 1.83. The molecule has 0 bridgehead atoms. The van der Waals surface area contributed by atoms with Crippen LogP contribution in [0, 0.1) is 0 Å². The molecule has 0 atom stereocenters. The van der Waals surface area contributed by atoms with Gasteiger partial charge in [-0.2, -0.15) is 0 Å². The van der Waals surface area contributed by atoms with Crippen molar-refractivity contribution in [3.05, 3.63) is 35.4 Å². The molecule has 1 aliphatic heterocycles. The van der Waals surface area contributed by atoms with Gasteiger partial charge in [-0.1, -0.05) is 25.5 Å². The molecule has 0 unspecified atom stereocenters. The van der Waals surface area contributed by atoms with E-state index >= 15 is 0 Å². The Hall–Kier alpha value is -1.39. The fourth-order valence-corrected chi connectivity index (χ4v) is 2.97. The van der Waals surface area contributed by atoms with Crippen molar-refractivity contribution in [3.8, 4) is 0 Å². The average Bonchev–Trinajstić information content (AvgIpc) is 2.60. The third kappa shape index (κ3) is 5.63. The zero-order valence-electron chi connectivity index (χ0n) is 14.9. The number of likely N-dealkylation sites (N-methyl/N-ethyl adjacent to an activating group) is 1. The van der Waals surface area contributed by atoms with E-state index in [9.17, 15) is 4.79 Å². The van der Waals surface area contributed by atoms with Crippen molar-refractivity contribution in [2.75, 3.05) is 46.8 Å². The number of benzene rings is 1. The first-order valence-electron chi connectivity index (χ1n) is 8.85. The monoisotopic (exact) mass is 317 g/mol. The first kappa shape index (κ1) is 18.0. The van der Waals surface area contributed by atoms with Crippen molar-refractivity contribution in [2.45, 2.75) is 32.7 Å². The minimum atomic E-state index is 0.123. The number of hydrogen-bond donors (Lipinski definition) is 0. The topological polar surface area (TPSA) is 26.8 Å². The van der Waals surface area contributed by atoms with E-state index in [1.54, 1.807) is 0 Å². The summed E-state index contributed by atoms with van der Waals surface area (Å²) in [6.45, 7) is 8.26. The number of nitrogens with zero attached hydrogens (tertiary/aromatic N) is 3. The van der Waals surface area contributed by atoms with E-state index in [-0.39, 0.29) is 5.91 Å². The lowest BCUT2D eigenvalue weighted by molar-refractivity contribution is 0.0773. The van der Waals surface area contributed by atoms with Crippen LogP contribution in [0.5, 0.6) is 0 Å². The molecule has 1 aliphatic rings. The van der Waals surface area contributed by atoms with E-state index in [0.717, 1.165) is 31.7 Å². The molecule has 0 aromatic heterocycles. The molecule has 2 rings (SSSR count). The zero-order valence-corrected chi connectivity index (χ0v) is 14.9. The Morgan fingerprint density at radius 3 is 2.35 bits per heavy atom. The summed E-state index contributed by atoms with van der Waals surface area (Å²) in [5.74, 6) is 0.123. The van der Waals surface area contributed by atoms with Gasteiger partial charge in [-0.15, -0.1) is 0 Å². The summed E-state index contributed by atoms with van der Waals surface area (Å²) < 4.78 is 0. The number of rotatable bonds is 7. The molecule has 1 heterocycles. The molecule has 0 N–H and O–H groups in total. The van der Waals surface area contributed by atoms with Crippen LogP contribution in [-0.2, 0) is 6.54 Å². The Bertz CT molecular complexity index is 480. The second-order valence-electron chi connectivity index (χ2n) is 6.66.